The molecule has 0 saturated carbocycles. The SMILES string of the molecule is CC(Br)c1csc(C#N)c1. The van der Waals surface area contributed by atoms with Crippen molar-refractivity contribution in [3.8, 4) is 6.07 Å². The lowest BCUT2D eigenvalue weighted by Gasteiger charge is -1.94. The molecule has 1 unspecified atom stereocenters. The predicted molar refractivity (Wildman–Crippen MR) is 46.4 cm³/mol. The van der Waals surface area contributed by atoms with Crippen molar-refractivity contribution in [3.05, 3.63) is 21.9 Å². The van der Waals surface area contributed by atoms with E-state index in [1.54, 1.807) is 0 Å². The highest BCUT2D eigenvalue weighted by Crippen LogP contribution is 2.25. The zero-order valence-corrected chi connectivity index (χ0v) is 7.87. The molecule has 0 fully saturated rings. The number of thiophene rings is 1. The van der Waals surface area contributed by atoms with Crippen LogP contribution in [0.2, 0.25) is 0 Å². The van der Waals surface area contributed by atoms with Crippen molar-refractivity contribution >= 4 is 27.3 Å². The molecule has 1 aromatic rings. The molecule has 0 N–H and O–H groups in total. The van der Waals surface area contributed by atoms with Crippen molar-refractivity contribution in [2.24, 2.45) is 0 Å². The zero-order valence-electron chi connectivity index (χ0n) is 5.47. The quantitative estimate of drug-likeness (QED) is 0.661. The van der Waals surface area contributed by atoms with E-state index < -0.39 is 0 Å². The fourth-order valence-corrected chi connectivity index (χ4v) is 1.85. The maximum Gasteiger partial charge on any atom is 0.110 e. The number of nitrogens with zero attached hydrogens (tertiary/aromatic N) is 1. The average Bonchev–Trinajstić information content (AvgIpc) is 2.34. The van der Waals surface area contributed by atoms with Gasteiger partial charge in [-0.05, 0) is 23.9 Å². The van der Waals surface area contributed by atoms with Crippen LogP contribution in [0.1, 0.15) is 22.2 Å². The van der Waals surface area contributed by atoms with Crippen LogP contribution in [0.4, 0.5) is 0 Å². The van der Waals surface area contributed by atoms with Crippen molar-refractivity contribution < 1.29 is 0 Å². The summed E-state index contributed by atoms with van der Waals surface area (Å²) >= 11 is 4.91. The number of nitriles is 1. The second kappa shape index (κ2) is 3.18. The van der Waals surface area contributed by atoms with Gasteiger partial charge in [0.05, 0.1) is 0 Å². The molecule has 0 aliphatic heterocycles. The minimum absolute atomic E-state index is 0.353. The lowest BCUT2D eigenvalue weighted by Crippen LogP contribution is -1.75. The molecule has 0 bridgehead atoms. The standard InChI is InChI=1S/C7H6BrNS/c1-5(8)6-2-7(3-9)10-4-6/h2,4-5H,1H3. The Morgan fingerprint density at radius 2 is 2.50 bits per heavy atom. The summed E-state index contributed by atoms with van der Waals surface area (Å²) in [5.74, 6) is 0. The van der Waals surface area contributed by atoms with Gasteiger partial charge in [0.25, 0.3) is 0 Å². The largest absolute Gasteiger partial charge is 0.192 e. The van der Waals surface area contributed by atoms with Crippen LogP contribution in [0, 0.1) is 11.3 Å². The molecule has 0 aromatic carbocycles. The van der Waals surface area contributed by atoms with E-state index in [1.807, 2.05) is 18.4 Å². The molecular formula is C7H6BrNS. The van der Waals surface area contributed by atoms with Crippen LogP contribution < -0.4 is 0 Å². The summed E-state index contributed by atoms with van der Waals surface area (Å²) in [5, 5.41) is 10.5. The average molecular weight is 216 g/mol. The zero-order chi connectivity index (χ0) is 7.56. The summed E-state index contributed by atoms with van der Waals surface area (Å²) in [6.45, 7) is 2.04. The molecule has 10 heavy (non-hydrogen) atoms. The van der Waals surface area contributed by atoms with E-state index in [9.17, 15) is 0 Å². The maximum atomic E-state index is 8.48. The number of alkyl halides is 1. The first kappa shape index (κ1) is 7.77. The van der Waals surface area contributed by atoms with E-state index in [0.717, 1.165) is 4.88 Å². The lowest BCUT2D eigenvalue weighted by atomic mass is 10.2. The molecule has 1 nitrogen and oxygen atoms in total. The van der Waals surface area contributed by atoms with E-state index in [2.05, 4.69) is 22.0 Å². The third-order valence-electron chi connectivity index (χ3n) is 1.19. The molecule has 1 aromatic heterocycles. The first-order chi connectivity index (χ1) is 4.74. The van der Waals surface area contributed by atoms with E-state index in [-0.39, 0.29) is 0 Å². The minimum atomic E-state index is 0.353. The number of hydrogen-bond donors (Lipinski definition) is 0. The van der Waals surface area contributed by atoms with Gasteiger partial charge in [-0.25, -0.2) is 0 Å². The van der Waals surface area contributed by atoms with Gasteiger partial charge in [-0.2, -0.15) is 5.26 Å². The molecule has 0 saturated heterocycles. The van der Waals surface area contributed by atoms with Gasteiger partial charge in [-0.15, -0.1) is 11.3 Å². The van der Waals surface area contributed by atoms with E-state index in [4.69, 9.17) is 5.26 Å². The van der Waals surface area contributed by atoms with Crippen LogP contribution in [-0.4, -0.2) is 0 Å². The van der Waals surface area contributed by atoms with Gasteiger partial charge in [-0.3, -0.25) is 0 Å². The van der Waals surface area contributed by atoms with Gasteiger partial charge >= 0.3 is 0 Å². The van der Waals surface area contributed by atoms with Crippen molar-refractivity contribution in [1.82, 2.24) is 0 Å². The van der Waals surface area contributed by atoms with E-state index >= 15 is 0 Å². The highest BCUT2D eigenvalue weighted by atomic mass is 79.9. The molecule has 0 aliphatic carbocycles. The number of rotatable bonds is 1. The third-order valence-corrected chi connectivity index (χ3v) is 2.57. The maximum absolute atomic E-state index is 8.48. The third kappa shape index (κ3) is 1.59. The summed E-state index contributed by atoms with van der Waals surface area (Å²) in [4.78, 5) is 1.13. The molecule has 3 heteroatoms. The van der Waals surface area contributed by atoms with E-state index in [1.165, 1.54) is 16.9 Å². The van der Waals surface area contributed by atoms with Crippen molar-refractivity contribution in [1.29, 1.82) is 5.26 Å². The fourth-order valence-electron chi connectivity index (χ4n) is 0.618. The van der Waals surface area contributed by atoms with Crippen LogP contribution in [-0.2, 0) is 0 Å². The molecular weight excluding hydrogens is 210 g/mol. The second-order valence-electron chi connectivity index (χ2n) is 1.97. The highest BCUT2D eigenvalue weighted by Gasteiger charge is 2.02. The second-order valence-corrected chi connectivity index (χ2v) is 4.26. The van der Waals surface area contributed by atoms with Crippen molar-refractivity contribution in [3.63, 3.8) is 0 Å². The van der Waals surface area contributed by atoms with Crippen molar-refractivity contribution in [2.75, 3.05) is 0 Å². The highest BCUT2D eigenvalue weighted by molar-refractivity contribution is 9.09. The summed E-state index contributed by atoms with van der Waals surface area (Å²) in [5.41, 5.74) is 1.18. The topological polar surface area (TPSA) is 23.8 Å². The first-order valence-corrected chi connectivity index (χ1v) is 4.66. The Hall–Kier alpha value is -0.330. The molecule has 1 heterocycles. The monoisotopic (exact) mass is 215 g/mol. The molecule has 0 spiro atoms. The van der Waals surface area contributed by atoms with Gasteiger partial charge in [-0.1, -0.05) is 15.9 Å². The Labute approximate surface area is 72.4 Å². The normalized spacial score (nSPS) is 12.5. The van der Waals surface area contributed by atoms with E-state index in [0.29, 0.717) is 4.83 Å². The summed E-state index contributed by atoms with van der Waals surface area (Å²) in [6.07, 6.45) is 0. The molecule has 1 atom stereocenters. The van der Waals surface area contributed by atoms with Gasteiger partial charge in [0.2, 0.25) is 0 Å². The first-order valence-electron chi connectivity index (χ1n) is 2.86. The van der Waals surface area contributed by atoms with Crippen molar-refractivity contribution in [2.45, 2.75) is 11.8 Å². The van der Waals surface area contributed by atoms with Gasteiger partial charge < -0.3 is 0 Å². The van der Waals surface area contributed by atoms with Crippen LogP contribution in [0.15, 0.2) is 11.4 Å². The van der Waals surface area contributed by atoms with Gasteiger partial charge in [0.15, 0.2) is 0 Å². The van der Waals surface area contributed by atoms with Crippen LogP contribution >= 0.6 is 27.3 Å². The van der Waals surface area contributed by atoms with Crippen LogP contribution in [0.5, 0.6) is 0 Å². The molecule has 0 amide bonds. The Morgan fingerprint density at radius 1 is 1.80 bits per heavy atom. The van der Waals surface area contributed by atoms with Crippen LogP contribution in [0.25, 0.3) is 0 Å². The Balaban J connectivity index is 2.91. The van der Waals surface area contributed by atoms with Gasteiger partial charge in [0, 0.05) is 4.83 Å². The summed E-state index contributed by atoms with van der Waals surface area (Å²) in [6, 6.07) is 4.01. The molecule has 52 valence electrons. The predicted octanol–water partition coefficient (Wildman–Crippen LogP) is 3.08. The Morgan fingerprint density at radius 3 is 2.80 bits per heavy atom. The fraction of sp³-hybridized carbons (Fsp3) is 0.286. The smallest absolute Gasteiger partial charge is 0.110 e. The number of halogens is 1. The van der Waals surface area contributed by atoms with Gasteiger partial charge in [0.1, 0.15) is 10.9 Å². The number of hydrogen-bond acceptors (Lipinski definition) is 2. The summed E-state index contributed by atoms with van der Waals surface area (Å²) in [7, 11) is 0. The van der Waals surface area contributed by atoms with Crippen LogP contribution in [0.3, 0.4) is 0 Å². The molecule has 0 aliphatic rings. The molecule has 1 rings (SSSR count). The summed E-state index contributed by atoms with van der Waals surface area (Å²) < 4.78 is 0. The molecule has 0 radical (unpaired) electrons. The Kier molecular flexibility index (Phi) is 2.47. The Bertz CT molecular complexity index is 259. The lowest BCUT2D eigenvalue weighted by molar-refractivity contribution is 1.14. The minimum Gasteiger partial charge on any atom is -0.192 e.